The number of rotatable bonds is 6. The second-order valence-corrected chi connectivity index (χ2v) is 3.22. The molecule has 0 unspecified atom stereocenters. The van der Waals surface area contributed by atoms with Gasteiger partial charge in [-0.05, 0) is 12.5 Å². The van der Waals surface area contributed by atoms with E-state index in [4.69, 9.17) is 4.74 Å². The number of pyridine rings is 1. The van der Waals surface area contributed by atoms with Crippen molar-refractivity contribution in [1.82, 2.24) is 4.98 Å². The Balaban J connectivity index is 2.18. The minimum absolute atomic E-state index is 0.490. The predicted octanol–water partition coefficient (Wildman–Crippen LogP) is 3.18. The summed E-state index contributed by atoms with van der Waals surface area (Å²) in [6.07, 6.45) is 6.05. The van der Waals surface area contributed by atoms with Gasteiger partial charge in [0.15, 0.2) is 0 Å². The molecule has 0 radical (unpaired) electrons. The van der Waals surface area contributed by atoms with E-state index in [1.54, 1.807) is 6.07 Å². The Labute approximate surface area is 84.1 Å². The maximum atomic E-state index is 12.6. The van der Waals surface area contributed by atoms with Gasteiger partial charge in [-0.2, -0.15) is 4.39 Å². The van der Waals surface area contributed by atoms with Crippen LogP contribution in [0.1, 0.15) is 32.6 Å². The van der Waals surface area contributed by atoms with E-state index in [1.807, 2.05) is 0 Å². The molecule has 0 aromatic carbocycles. The summed E-state index contributed by atoms with van der Waals surface area (Å²) < 4.78 is 18.0. The Bertz CT molecular complexity index is 265. The molecule has 0 fully saturated rings. The van der Waals surface area contributed by atoms with Gasteiger partial charge in [0.2, 0.25) is 5.95 Å². The van der Waals surface area contributed by atoms with Crippen molar-refractivity contribution in [2.45, 2.75) is 32.6 Å². The third-order valence-electron chi connectivity index (χ3n) is 1.96. The van der Waals surface area contributed by atoms with Gasteiger partial charge in [0, 0.05) is 12.3 Å². The molecule has 0 saturated carbocycles. The molecule has 1 aromatic heterocycles. The highest BCUT2D eigenvalue weighted by molar-refractivity contribution is 5.17. The normalized spacial score (nSPS) is 10.1. The molecular formula is C11H16FNO. The first-order valence-corrected chi connectivity index (χ1v) is 5.07. The fourth-order valence-electron chi connectivity index (χ4n) is 1.19. The van der Waals surface area contributed by atoms with Crippen molar-refractivity contribution in [2.24, 2.45) is 0 Å². The molecule has 0 N–H and O–H groups in total. The van der Waals surface area contributed by atoms with Gasteiger partial charge in [0.05, 0.1) is 6.61 Å². The van der Waals surface area contributed by atoms with Gasteiger partial charge >= 0.3 is 0 Å². The Morgan fingerprint density at radius 1 is 1.36 bits per heavy atom. The summed E-state index contributed by atoms with van der Waals surface area (Å²) in [6.45, 7) is 2.82. The lowest BCUT2D eigenvalue weighted by atomic mass is 10.2. The minimum atomic E-state index is -0.490. The van der Waals surface area contributed by atoms with Crippen LogP contribution < -0.4 is 4.74 Å². The third kappa shape index (κ3) is 4.21. The smallest absolute Gasteiger partial charge is 0.216 e. The van der Waals surface area contributed by atoms with E-state index < -0.39 is 5.95 Å². The van der Waals surface area contributed by atoms with Gasteiger partial charge in [-0.3, -0.25) is 0 Å². The van der Waals surface area contributed by atoms with E-state index in [0.29, 0.717) is 12.4 Å². The molecular weight excluding hydrogens is 181 g/mol. The number of aromatic nitrogens is 1. The van der Waals surface area contributed by atoms with Crippen molar-refractivity contribution in [2.75, 3.05) is 6.61 Å². The molecule has 0 saturated heterocycles. The summed E-state index contributed by atoms with van der Waals surface area (Å²) in [7, 11) is 0. The average Bonchev–Trinajstić information content (AvgIpc) is 2.18. The maximum Gasteiger partial charge on any atom is 0.216 e. The molecule has 0 spiro atoms. The second-order valence-electron chi connectivity index (χ2n) is 3.22. The molecule has 0 amide bonds. The molecule has 3 heteroatoms. The Hall–Kier alpha value is -1.12. The number of ether oxygens (including phenoxy) is 1. The molecule has 0 aliphatic heterocycles. The van der Waals surface area contributed by atoms with E-state index in [0.717, 1.165) is 6.42 Å². The highest BCUT2D eigenvalue weighted by Gasteiger charge is 1.96. The molecule has 14 heavy (non-hydrogen) atoms. The zero-order valence-corrected chi connectivity index (χ0v) is 8.50. The van der Waals surface area contributed by atoms with E-state index >= 15 is 0 Å². The molecule has 0 aliphatic carbocycles. The van der Waals surface area contributed by atoms with Gasteiger partial charge < -0.3 is 4.74 Å². The highest BCUT2D eigenvalue weighted by Crippen LogP contribution is 2.10. The van der Waals surface area contributed by atoms with Gasteiger partial charge in [-0.15, -0.1) is 0 Å². The number of hydrogen-bond donors (Lipinski definition) is 0. The lowest BCUT2D eigenvalue weighted by molar-refractivity contribution is 0.303. The number of hydrogen-bond acceptors (Lipinski definition) is 2. The number of unbranched alkanes of at least 4 members (excludes halogenated alkanes) is 3. The van der Waals surface area contributed by atoms with E-state index in [1.165, 1.54) is 31.5 Å². The maximum absolute atomic E-state index is 12.6. The van der Waals surface area contributed by atoms with E-state index in [-0.39, 0.29) is 0 Å². The van der Waals surface area contributed by atoms with Crippen LogP contribution in [0.5, 0.6) is 5.75 Å². The number of nitrogens with zero attached hydrogens (tertiary/aromatic N) is 1. The molecule has 1 rings (SSSR count). The summed E-state index contributed by atoms with van der Waals surface area (Å²) in [4.78, 5) is 3.45. The molecule has 0 aliphatic rings. The van der Waals surface area contributed by atoms with Crippen LogP contribution in [0.3, 0.4) is 0 Å². The average molecular weight is 197 g/mol. The van der Waals surface area contributed by atoms with Crippen LogP contribution in [0.15, 0.2) is 18.3 Å². The van der Waals surface area contributed by atoms with Crippen LogP contribution >= 0.6 is 0 Å². The summed E-state index contributed by atoms with van der Waals surface area (Å²) in [5.74, 6) is 0.0741. The summed E-state index contributed by atoms with van der Waals surface area (Å²) in [6, 6.07) is 2.97. The third-order valence-corrected chi connectivity index (χ3v) is 1.96. The van der Waals surface area contributed by atoms with Crippen molar-refractivity contribution in [3.63, 3.8) is 0 Å². The monoisotopic (exact) mass is 197 g/mol. The first-order valence-electron chi connectivity index (χ1n) is 5.07. The lowest BCUT2D eigenvalue weighted by Crippen LogP contribution is -1.97. The fourth-order valence-corrected chi connectivity index (χ4v) is 1.19. The molecule has 1 aromatic rings. The van der Waals surface area contributed by atoms with Crippen LogP contribution in [0, 0.1) is 5.95 Å². The van der Waals surface area contributed by atoms with Crippen LogP contribution in [0.4, 0.5) is 4.39 Å². The quantitative estimate of drug-likeness (QED) is 0.516. The first kappa shape index (κ1) is 11.0. The van der Waals surface area contributed by atoms with Crippen molar-refractivity contribution in [3.8, 4) is 5.75 Å². The van der Waals surface area contributed by atoms with Crippen molar-refractivity contribution >= 4 is 0 Å². The highest BCUT2D eigenvalue weighted by atomic mass is 19.1. The summed E-state index contributed by atoms with van der Waals surface area (Å²) in [5.41, 5.74) is 0. The van der Waals surface area contributed by atoms with Crippen molar-refractivity contribution < 1.29 is 9.13 Å². The molecule has 0 bridgehead atoms. The molecule has 0 atom stereocenters. The van der Waals surface area contributed by atoms with Gasteiger partial charge in [0.25, 0.3) is 0 Å². The Morgan fingerprint density at radius 2 is 2.21 bits per heavy atom. The summed E-state index contributed by atoms with van der Waals surface area (Å²) in [5, 5.41) is 0. The molecule has 1 heterocycles. The Kier molecular flexibility index (Phi) is 4.97. The standard InChI is InChI=1S/C11H16FNO/c1-2-3-4-5-8-14-10-6-7-13-11(12)9-10/h6-7,9H,2-5,8H2,1H3. The predicted molar refractivity (Wildman–Crippen MR) is 53.8 cm³/mol. The van der Waals surface area contributed by atoms with Crippen LogP contribution in [0.25, 0.3) is 0 Å². The van der Waals surface area contributed by atoms with Crippen LogP contribution in [0.2, 0.25) is 0 Å². The van der Waals surface area contributed by atoms with E-state index in [2.05, 4.69) is 11.9 Å². The van der Waals surface area contributed by atoms with Crippen LogP contribution in [-0.4, -0.2) is 11.6 Å². The second kappa shape index (κ2) is 6.35. The number of halogens is 1. The van der Waals surface area contributed by atoms with E-state index in [9.17, 15) is 4.39 Å². The zero-order chi connectivity index (χ0) is 10.2. The first-order chi connectivity index (χ1) is 6.83. The molecule has 2 nitrogen and oxygen atoms in total. The topological polar surface area (TPSA) is 22.1 Å². The largest absolute Gasteiger partial charge is 0.493 e. The van der Waals surface area contributed by atoms with Crippen molar-refractivity contribution in [3.05, 3.63) is 24.3 Å². The minimum Gasteiger partial charge on any atom is -0.493 e. The fraction of sp³-hybridized carbons (Fsp3) is 0.545. The lowest BCUT2D eigenvalue weighted by Gasteiger charge is -2.04. The van der Waals surface area contributed by atoms with Crippen LogP contribution in [-0.2, 0) is 0 Å². The SMILES string of the molecule is CCCCCCOc1ccnc(F)c1. The van der Waals surface area contributed by atoms with Gasteiger partial charge in [-0.25, -0.2) is 4.98 Å². The van der Waals surface area contributed by atoms with Gasteiger partial charge in [0.1, 0.15) is 5.75 Å². The summed E-state index contributed by atoms with van der Waals surface area (Å²) >= 11 is 0. The van der Waals surface area contributed by atoms with Crippen molar-refractivity contribution in [1.29, 1.82) is 0 Å². The van der Waals surface area contributed by atoms with Gasteiger partial charge in [-0.1, -0.05) is 26.2 Å². The Morgan fingerprint density at radius 3 is 2.93 bits per heavy atom. The molecule has 78 valence electrons. The zero-order valence-electron chi connectivity index (χ0n) is 8.50.